The zero-order chi connectivity index (χ0) is 21.7. The number of methoxy groups -OCH3 is 1. The number of halogens is 1. The molecule has 3 aromatic rings. The van der Waals surface area contributed by atoms with E-state index in [1.807, 2.05) is 60.9 Å². The summed E-state index contributed by atoms with van der Waals surface area (Å²) in [5.41, 5.74) is 2.69. The number of aryl methyl sites for hydroxylation is 1. The molecule has 1 heterocycles. The van der Waals surface area contributed by atoms with Crippen molar-refractivity contribution in [1.82, 2.24) is 14.8 Å². The smallest absolute Gasteiger partial charge is 0.237 e. The van der Waals surface area contributed by atoms with E-state index in [1.165, 1.54) is 11.8 Å². The van der Waals surface area contributed by atoms with E-state index in [2.05, 4.69) is 38.0 Å². The summed E-state index contributed by atoms with van der Waals surface area (Å²) in [5.74, 6) is 1.27. The molecule has 1 N–H and O–H groups in total. The number of nitrogens with zero attached hydrogens (tertiary/aromatic N) is 3. The largest absolute Gasteiger partial charge is 0.496 e. The van der Waals surface area contributed by atoms with Crippen LogP contribution in [0.5, 0.6) is 5.75 Å². The quantitative estimate of drug-likeness (QED) is 0.344. The normalized spacial score (nSPS) is 11.7. The molecule has 0 aliphatic rings. The van der Waals surface area contributed by atoms with Crippen molar-refractivity contribution in [3.63, 3.8) is 0 Å². The van der Waals surface area contributed by atoms with E-state index in [0.717, 1.165) is 21.3 Å². The molecule has 1 atom stereocenters. The Kier molecular flexibility index (Phi) is 7.33. The van der Waals surface area contributed by atoms with Gasteiger partial charge in [0, 0.05) is 11.0 Å². The van der Waals surface area contributed by atoms with Gasteiger partial charge in [0.15, 0.2) is 11.0 Å². The summed E-state index contributed by atoms with van der Waals surface area (Å²) in [5, 5.41) is 11.9. The molecule has 6 nitrogen and oxygen atoms in total. The lowest BCUT2D eigenvalue weighted by molar-refractivity contribution is -0.115. The molecule has 0 aliphatic heterocycles. The SMILES string of the molecule is C=CCn1c(SC(C)C(=O)Nc2ccc(C)cc2Br)nnc1-c1ccccc1OC. The number of anilines is 1. The fourth-order valence-corrected chi connectivity index (χ4v) is 4.32. The number of rotatable bonds is 8. The Morgan fingerprint density at radius 1 is 1.33 bits per heavy atom. The number of benzene rings is 2. The first-order valence-electron chi connectivity index (χ1n) is 9.35. The van der Waals surface area contributed by atoms with Crippen LogP contribution in [0, 0.1) is 6.92 Å². The highest BCUT2D eigenvalue weighted by Crippen LogP contribution is 2.32. The van der Waals surface area contributed by atoms with Gasteiger partial charge in [-0.2, -0.15) is 0 Å². The molecular formula is C22H23BrN4O2S. The number of carbonyl (C=O) groups is 1. The Morgan fingerprint density at radius 2 is 2.10 bits per heavy atom. The Labute approximate surface area is 188 Å². The number of allylic oxidation sites excluding steroid dienone is 1. The van der Waals surface area contributed by atoms with E-state index >= 15 is 0 Å². The van der Waals surface area contributed by atoms with E-state index in [9.17, 15) is 4.79 Å². The molecule has 1 aromatic heterocycles. The van der Waals surface area contributed by atoms with Crippen LogP contribution in [0.1, 0.15) is 12.5 Å². The van der Waals surface area contributed by atoms with E-state index in [1.54, 1.807) is 13.2 Å². The van der Waals surface area contributed by atoms with Crippen LogP contribution in [-0.2, 0) is 11.3 Å². The van der Waals surface area contributed by atoms with Crippen LogP contribution in [0.4, 0.5) is 5.69 Å². The highest BCUT2D eigenvalue weighted by Gasteiger charge is 2.22. The monoisotopic (exact) mass is 486 g/mol. The second-order valence-corrected chi connectivity index (χ2v) is 8.80. The molecule has 1 unspecified atom stereocenters. The summed E-state index contributed by atoms with van der Waals surface area (Å²) in [7, 11) is 1.62. The van der Waals surface area contributed by atoms with E-state index in [4.69, 9.17) is 4.74 Å². The lowest BCUT2D eigenvalue weighted by atomic mass is 10.2. The fourth-order valence-electron chi connectivity index (χ4n) is 2.87. The lowest BCUT2D eigenvalue weighted by Crippen LogP contribution is -2.23. The number of hydrogen-bond donors (Lipinski definition) is 1. The second kappa shape index (κ2) is 9.95. The van der Waals surface area contributed by atoms with Crippen molar-refractivity contribution in [2.24, 2.45) is 0 Å². The van der Waals surface area contributed by atoms with Gasteiger partial charge in [-0.25, -0.2) is 0 Å². The van der Waals surface area contributed by atoms with Gasteiger partial charge < -0.3 is 10.1 Å². The molecule has 8 heteroatoms. The average Bonchev–Trinajstić information content (AvgIpc) is 3.12. The standard InChI is InChI=1S/C22H23BrN4O2S/c1-5-12-27-20(16-8-6-7-9-19(16)29-4)25-26-22(27)30-15(3)21(28)24-18-11-10-14(2)13-17(18)23/h5-11,13,15H,1,12H2,2-4H3,(H,24,28). The zero-order valence-electron chi connectivity index (χ0n) is 17.1. The number of aromatic nitrogens is 3. The molecule has 0 spiro atoms. The zero-order valence-corrected chi connectivity index (χ0v) is 19.5. The lowest BCUT2D eigenvalue weighted by Gasteiger charge is -2.14. The van der Waals surface area contributed by atoms with Crippen molar-refractivity contribution < 1.29 is 9.53 Å². The third-order valence-electron chi connectivity index (χ3n) is 4.41. The molecule has 0 saturated carbocycles. The maximum Gasteiger partial charge on any atom is 0.237 e. The van der Waals surface area contributed by atoms with Crippen LogP contribution in [0.2, 0.25) is 0 Å². The Balaban J connectivity index is 1.82. The third kappa shape index (κ3) is 4.94. The van der Waals surface area contributed by atoms with Gasteiger partial charge in [-0.05, 0) is 59.6 Å². The minimum absolute atomic E-state index is 0.114. The van der Waals surface area contributed by atoms with Gasteiger partial charge in [-0.15, -0.1) is 16.8 Å². The van der Waals surface area contributed by atoms with Crippen LogP contribution in [-0.4, -0.2) is 33.0 Å². The first kappa shape index (κ1) is 22.1. The van der Waals surface area contributed by atoms with Crippen molar-refractivity contribution in [1.29, 1.82) is 0 Å². The minimum Gasteiger partial charge on any atom is -0.496 e. The first-order valence-corrected chi connectivity index (χ1v) is 11.0. The van der Waals surface area contributed by atoms with E-state index < -0.39 is 0 Å². The van der Waals surface area contributed by atoms with Crippen molar-refractivity contribution in [3.8, 4) is 17.1 Å². The summed E-state index contributed by atoms with van der Waals surface area (Å²) < 4.78 is 8.25. The maximum absolute atomic E-state index is 12.7. The molecule has 0 fully saturated rings. The predicted molar refractivity (Wildman–Crippen MR) is 125 cm³/mol. The fraction of sp³-hybridized carbons (Fsp3) is 0.227. The summed E-state index contributed by atoms with van der Waals surface area (Å²) in [4.78, 5) is 12.7. The van der Waals surface area contributed by atoms with Crippen molar-refractivity contribution in [3.05, 3.63) is 65.2 Å². The Hall–Kier alpha value is -2.58. The summed E-state index contributed by atoms with van der Waals surface area (Å²) in [6, 6.07) is 13.4. The van der Waals surface area contributed by atoms with Gasteiger partial charge in [0.1, 0.15) is 5.75 Å². The van der Waals surface area contributed by atoms with Crippen LogP contribution in [0.25, 0.3) is 11.4 Å². The molecular weight excluding hydrogens is 464 g/mol. The molecule has 2 aromatic carbocycles. The number of thioether (sulfide) groups is 1. The molecule has 30 heavy (non-hydrogen) atoms. The molecule has 0 saturated heterocycles. The molecule has 3 rings (SSSR count). The number of para-hydroxylation sites is 1. The van der Waals surface area contributed by atoms with E-state index in [-0.39, 0.29) is 11.2 Å². The third-order valence-corrected chi connectivity index (χ3v) is 6.15. The maximum atomic E-state index is 12.7. The second-order valence-electron chi connectivity index (χ2n) is 6.64. The minimum atomic E-state index is -0.378. The number of carbonyl (C=O) groups excluding carboxylic acids is 1. The molecule has 1 amide bonds. The van der Waals surface area contributed by atoms with E-state index in [0.29, 0.717) is 23.3 Å². The van der Waals surface area contributed by atoms with Crippen LogP contribution in [0.3, 0.4) is 0 Å². The van der Waals surface area contributed by atoms with Crippen molar-refractivity contribution >= 4 is 39.3 Å². The molecule has 156 valence electrons. The number of hydrogen-bond acceptors (Lipinski definition) is 5. The highest BCUT2D eigenvalue weighted by atomic mass is 79.9. The van der Waals surface area contributed by atoms with Crippen molar-refractivity contribution in [2.45, 2.75) is 30.8 Å². The Morgan fingerprint density at radius 3 is 2.80 bits per heavy atom. The molecule has 0 radical (unpaired) electrons. The molecule has 0 bridgehead atoms. The van der Waals surface area contributed by atoms with Gasteiger partial charge in [0.25, 0.3) is 0 Å². The molecule has 0 aliphatic carbocycles. The Bertz CT molecular complexity index is 1070. The topological polar surface area (TPSA) is 69.0 Å². The van der Waals surface area contributed by atoms with Gasteiger partial charge in [0.2, 0.25) is 5.91 Å². The van der Waals surface area contributed by atoms with Gasteiger partial charge >= 0.3 is 0 Å². The van der Waals surface area contributed by atoms with Gasteiger partial charge in [0.05, 0.1) is 23.6 Å². The van der Waals surface area contributed by atoms with Crippen LogP contribution < -0.4 is 10.1 Å². The summed E-state index contributed by atoms with van der Waals surface area (Å²) in [6.45, 7) is 8.20. The summed E-state index contributed by atoms with van der Waals surface area (Å²) in [6.07, 6.45) is 1.78. The number of amides is 1. The first-order chi connectivity index (χ1) is 14.4. The predicted octanol–water partition coefficient (Wildman–Crippen LogP) is 5.33. The number of nitrogens with one attached hydrogen (secondary N) is 1. The summed E-state index contributed by atoms with van der Waals surface area (Å²) >= 11 is 4.84. The van der Waals surface area contributed by atoms with Gasteiger partial charge in [-0.3, -0.25) is 9.36 Å². The average molecular weight is 487 g/mol. The highest BCUT2D eigenvalue weighted by molar-refractivity contribution is 9.10. The van der Waals surface area contributed by atoms with Crippen LogP contribution in [0.15, 0.2) is 64.7 Å². The van der Waals surface area contributed by atoms with Crippen LogP contribution >= 0.6 is 27.7 Å². The van der Waals surface area contributed by atoms with Crippen molar-refractivity contribution in [2.75, 3.05) is 12.4 Å². The number of ether oxygens (including phenoxy) is 1. The van der Waals surface area contributed by atoms with Gasteiger partial charge in [-0.1, -0.05) is 36.0 Å².